The maximum atomic E-state index is 13.3. The molecule has 1 aliphatic rings. The number of carbonyl (C=O) groups excluding carboxylic acids is 3. The highest BCUT2D eigenvalue weighted by molar-refractivity contribution is 6.00. The zero-order valence-electron chi connectivity index (χ0n) is 20.2. The second kappa shape index (κ2) is 11.5. The molecule has 8 heteroatoms. The lowest BCUT2D eigenvalue weighted by Gasteiger charge is -2.28. The molecule has 0 radical (unpaired) electrons. The van der Waals surface area contributed by atoms with Crippen molar-refractivity contribution in [3.8, 4) is 11.5 Å². The third kappa shape index (κ3) is 6.50. The van der Waals surface area contributed by atoms with E-state index in [2.05, 4.69) is 10.6 Å². The minimum atomic E-state index is -0.728. The Morgan fingerprint density at radius 3 is 2.41 bits per heavy atom. The van der Waals surface area contributed by atoms with Crippen molar-refractivity contribution in [2.24, 2.45) is 5.92 Å². The molecule has 182 valence electrons. The van der Waals surface area contributed by atoms with Crippen LogP contribution in [0.25, 0.3) is 0 Å². The molecule has 1 atom stereocenters. The van der Waals surface area contributed by atoms with Crippen molar-refractivity contribution in [3.05, 3.63) is 53.6 Å². The highest BCUT2D eigenvalue weighted by atomic mass is 16.6. The summed E-state index contributed by atoms with van der Waals surface area (Å²) in [6.07, 6.45) is 0.469. The van der Waals surface area contributed by atoms with Gasteiger partial charge < -0.3 is 25.0 Å². The van der Waals surface area contributed by atoms with E-state index in [1.165, 1.54) is 4.90 Å². The van der Waals surface area contributed by atoms with Crippen LogP contribution in [0.2, 0.25) is 0 Å². The lowest BCUT2D eigenvalue weighted by atomic mass is 10.0. The van der Waals surface area contributed by atoms with Crippen LogP contribution < -0.4 is 20.1 Å². The van der Waals surface area contributed by atoms with Crippen molar-refractivity contribution < 1.29 is 23.9 Å². The number of nitrogens with one attached hydrogen (secondary N) is 2. The van der Waals surface area contributed by atoms with Crippen LogP contribution in [-0.4, -0.2) is 55.0 Å². The van der Waals surface area contributed by atoms with E-state index < -0.39 is 6.04 Å². The van der Waals surface area contributed by atoms with Crippen molar-refractivity contribution >= 4 is 23.4 Å². The third-order valence-corrected chi connectivity index (χ3v) is 5.55. The van der Waals surface area contributed by atoms with Gasteiger partial charge >= 0.3 is 0 Å². The van der Waals surface area contributed by atoms with Gasteiger partial charge in [0.25, 0.3) is 5.91 Å². The first-order valence-corrected chi connectivity index (χ1v) is 11.6. The number of carbonyl (C=O) groups is 3. The number of aryl methyl sites for hydroxylation is 1. The van der Waals surface area contributed by atoms with Crippen LogP contribution in [0.15, 0.2) is 42.5 Å². The van der Waals surface area contributed by atoms with Crippen molar-refractivity contribution in [3.63, 3.8) is 0 Å². The number of likely N-dealkylation sites (N-methyl/N-ethyl adjacent to an activating group) is 1. The summed E-state index contributed by atoms with van der Waals surface area (Å²) in [6, 6.07) is 11.7. The lowest BCUT2D eigenvalue weighted by Crippen LogP contribution is -2.51. The molecule has 34 heavy (non-hydrogen) atoms. The van der Waals surface area contributed by atoms with E-state index in [1.54, 1.807) is 30.3 Å². The summed E-state index contributed by atoms with van der Waals surface area (Å²) in [6.45, 7) is 8.80. The van der Waals surface area contributed by atoms with Crippen LogP contribution >= 0.6 is 0 Å². The summed E-state index contributed by atoms with van der Waals surface area (Å²) in [5.74, 6) is 0.472. The van der Waals surface area contributed by atoms with Gasteiger partial charge in [0.2, 0.25) is 11.8 Å². The fourth-order valence-corrected chi connectivity index (χ4v) is 3.82. The predicted octanol–water partition coefficient (Wildman–Crippen LogP) is 3.40. The van der Waals surface area contributed by atoms with Gasteiger partial charge in [-0.2, -0.15) is 0 Å². The van der Waals surface area contributed by atoms with Crippen LogP contribution in [0.3, 0.4) is 0 Å². The summed E-state index contributed by atoms with van der Waals surface area (Å²) >= 11 is 0. The monoisotopic (exact) mass is 467 g/mol. The number of hydrogen-bond acceptors (Lipinski definition) is 5. The van der Waals surface area contributed by atoms with Crippen LogP contribution in [0.5, 0.6) is 11.5 Å². The Labute approximate surface area is 200 Å². The van der Waals surface area contributed by atoms with Gasteiger partial charge in [-0.15, -0.1) is 0 Å². The molecule has 1 aliphatic heterocycles. The zero-order valence-corrected chi connectivity index (χ0v) is 20.2. The van der Waals surface area contributed by atoms with Crippen molar-refractivity contribution in [1.82, 2.24) is 10.2 Å². The first-order chi connectivity index (χ1) is 16.3. The number of hydrogen-bond donors (Lipinski definition) is 2. The highest BCUT2D eigenvalue weighted by Gasteiger charge is 2.28. The van der Waals surface area contributed by atoms with Gasteiger partial charge in [-0.05, 0) is 49.9 Å². The molecule has 0 saturated heterocycles. The van der Waals surface area contributed by atoms with Gasteiger partial charge in [-0.3, -0.25) is 14.4 Å². The summed E-state index contributed by atoms with van der Waals surface area (Å²) in [4.78, 5) is 40.4. The molecule has 1 unspecified atom stereocenters. The Kier molecular flexibility index (Phi) is 8.51. The van der Waals surface area contributed by atoms with E-state index in [4.69, 9.17) is 9.47 Å². The molecule has 0 aliphatic carbocycles. The number of amides is 3. The third-order valence-electron chi connectivity index (χ3n) is 5.55. The summed E-state index contributed by atoms with van der Waals surface area (Å²) in [5, 5.41) is 5.69. The predicted molar refractivity (Wildman–Crippen MR) is 130 cm³/mol. The number of fused-ring (bicyclic) bond motifs is 1. The SMILES string of the molecule is CCN(CC(=O)Nc1ccc2c(c1)OCCO2)C(=O)C(CC(C)C)NC(=O)c1ccccc1C. The molecule has 2 N–H and O–H groups in total. The molecular weight excluding hydrogens is 434 g/mol. The van der Waals surface area contributed by atoms with E-state index in [0.717, 1.165) is 5.56 Å². The maximum Gasteiger partial charge on any atom is 0.252 e. The van der Waals surface area contributed by atoms with Crippen LogP contribution in [-0.2, 0) is 9.59 Å². The Morgan fingerprint density at radius 2 is 1.74 bits per heavy atom. The number of benzene rings is 2. The minimum Gasteiger partial charge on any atom is -0.486 e. The smallest absolute Gasteiger partial charge is 0.252 e. The minimum absolute atomic E-state index is 0.126. The molecule has 0 spiro atoms. The highest BCUT2D eigenvalue weighted by Crippen LogP contribution is 2.32. The first-order valence-electron chi connectivity index (χ1n) is 11.6. The molecule has 2 aromatic carbocycles. The number of anilines is 1. The van der Waals surface area contributed by atoms with Crippen LogP contribution in [0.4, 0.5) is 5.69 Å². The topological polar surface area (TPSA) is 97.0 Å². The summed E-state index contributed by atoms with van der Waals surface area (Å²) in [5.41, 5.74) is 1.93. The first kappa shape index (κ1) is 25.1. The zero-order chi connectivity index (χ0) is 24.7. The summed E-state index contributed by atoms with van der Waals surface area (Å²) in [7, 11) is 0. The molecule has 0 aromatic heterocycles. The number of rotatable bonds is 9. The van der Waals surface area contributed by atoms with E-state index >= 15 is 0 Å². The molecule has 0 fully saturated rings. The largest absolute Gasteiger partial charge is 0.486 e. The normalized spacial score (nSPS) is 13.2. The Hall–Kier alpha value is -3.55. The Morgan fingerprint density at radius 1 is 1.03 bits per heavy atom. The average molecular weight is 468 g/mol. The molecule has 0 saturated carbocycles. The van der Waals surface area contributed by atoms with Gasteiger partial charge in [0.1, 0.15) is 19.3 Å². The lowest BCUT2D eigenvalue weighted by molar-refractivity contribution is -0.136. The van der Waals surface area contributed by atoms with Crippen molar-refractivity contribution in [2.75, 3.05) is 31.6 Å². The van der Waals surface area contributed by atoms with E-state index in [-0.39, 0.29) is 30.2 Å². The number of nitrogens with zero attached hydrogens (tertiary/aromatic N) is 1. The van der Waals surface area contributed by atoms with Crippen LogP contribution in [0.1, 0.15) is 43.1 Å². The van der Waals surface area contributed by atoms with Crippen molar-refractivity contribution in [2.45, 2.75) is 40.2 Å². The van der Waals surface area contributed by atoms with Gasteiger partial charge in [-0.1, -0.05) is 32.0 Å². The van der Waals surface area contributed by atoms with Crippen LogP contribution in [0, 0.1) is 12.8 Å². The molecule has 0 bridgehead atoms. The van der Waals surface area contributed by atoms with E-state index in [1.807, 2.05) is 39.8 Å². The van der Waals surface area contributed by atoms with Gasteiger partial charge in [0.15, 0.2) is 11.5 Å². The second-order valence-corrected chi connectivity index (χ2v) is 8.73. The Balaban J connectivity index is 1.67. The van der Waals surface area contributed by atoms with Gasteiger partial charge in [0.05, 0.1) is 6.54 Å². The van der Waals surface area contributed by atoms with Gasteiger partial charge in [0, 0.05) is 23.9 Å². The standard InChI is InChI=1S/C26H33N3O5/c1-5-29(16-24(30)27-19-10-11-22-23(15-19)34-13-12-33-22)26(32)21(14-17(2)3)28-25(31)20-9-7-6-8-18(20)4/h6-11,15,17,21H,5,12-14,16H2,1-4H3,(H,27,30)(H,28,31). The maximum absolute atomic E-state index is 13.3. The molecule has 8 nitrogen and oxygen atoms in total. The fourth-order valence-electron chi connectivity index (χ4n) is 3.82. The molecular formula is C26H33N3O5. The molecule has 3 amide bonds. The van der Waals surface area contributed by atoms with Gasteiger partial charge in [-0.25, -0.2) is 0 Å². The Bertz CT molecular complexity index is 1040. The molecule has 3 rings (SSSR count). The molecule has 1 heterocycles. The quantitative estimate of drug-likeness (QED) is 0.589. The fraction of sp³-hybridized carbons (Fsp3) is 0.423. The van der Waals surface area contributed by atoms with Crippen molar-refractivity contribution in [1.29, 1.82) is 0 Å². The van der Waals surface area contributed by atoms with E-state index in [9.17, 15) is 14.4 Å². The second-order valence-electron chi connectivity index (χ2n) is 8.73. The summed E-state index contributed by atoms with van der Waals surface area (Å²) < 4.78 is 11.1. The molecule has 2 aromatic rings. The number of ether oxygens (including phenoxy) is 2. The average Bonchev–Trinajstić information content (AvgIpc) is 2.81. The van der Waals surface area contributed by atoms with E-state index in [0.29, 0.717) is 48.9 Å².